The average molecular weight is 178 g/mol. The minimum absolute atomic E-state index is 0.197. The van der Waals surface area contributed by atoms with Crippen molar-refractivity contribution in [3.05, 3.63) is 0 Å². The lowest BCUT2D eigenvalue weighted by Crippen LogP contribution is -2.36. The number of amides is 1. The van der Waals surface area contributed by atoms with Crippen LogP contribution in [0.4, 0.5) is 4.79 Å². The van der Waals surface area contributed by atoms with Crippen LogP contribution in [-0.4, -0.2) is 22.9 Å². The van der Waals surface area contributed by atoms with Gasteiger partial charge in [0.15, 0.2) is 0 Å². The van der Waals surface area contributed by atoms with Gasteiger partial charge >= 0.3 is 5.37 Å². The maximum atomic E-state index is 10.8. The van der Waals surface area contributed by atoms with E-state index in [0.717, 1.165) is 6.54 Å². The summed E-state index contributed by atoms with van der Waals surface area (Å²) in [5, 5.41) is -0.353. The fourth-order valence-electron chi connectivity index (χ4n) is 0.879. The molecule has 0 aliphatic heterocycles. The second-order valence-electron chi connectivity index (χ2n) is 3.39. The minimum atomic E-state index is -0.353. The van der Waals surface area contributed by atoms with Crippen LogP contribution in [0.25, 0.3) is 0 Å². The number of carbonyl (C=O) groups is 1. The average Bonchev–Trinajstić information content (AvgIpc) is 1.81. The zero-order chi connectivity index (χ0) is 9.02. The fourth-order valence-corrected chi connectivity index (χ4v) is 1.14. The molecule has 0 rings (SSSR count). The van der Waals surface area contributed by atoms with Crippen molar-refractivity contribution in [2.24, 2.45) is 5.92 Å². The number of nitrogens with zero attached hydrogens (tertiary/aromatic N) is 1. The van der Waals surface area contributed by atoms with Crippen molar-refractivity contribution in [3.8, 4) is 0 Å². The summed E-state index contributed by atoms with van der Waals surface area (Å²) < 4.78 is 0. The summed E-state index contributed by atoms with van der Waals surface area (Å²) >= 11 is 5.37. The lowest BCUT2D eigenvalue weighted by molar-refractivity contribution is 0.198. The third-order valence-electron chi connectivity index (χ3n) is 1.41. The highest BCUT2D eigenvalue weighted by molar-refractivity contribution is 6.62. The van der Waals surface area contributed by atoms with Crippen LogP contribution in [0, 0.1) is 5.92 Å². The van der Waals surface area contributed by atoms with E-state index in [0.29, 0.717) is 5.92 Å². The van der Waals surface area contributed by atoms with Gasteiger partial charge in [0.2, 0.25) is 0 Å². The number of hydrogen-bond acceptors (Lipinski definition) is 1. The molecule has 0 aromatic heterocycles. The molecule has 3 heteroatoms. The third-order valence-corrected chi connectivity index (χ3v) is 1.63. The van der Waals surface area contributed by atoms with Crippen LogP contribution < -0.4 is 0 Å². The normalized spacial score (nSPS) is 10.8. The Morgan fingerprint density at radius 1 is 1.36 bits per heavy atom. The second kappa shape index (κ2) is 4.60. The molecule has 0 aromatic rings. The summed E-state index contributed by atoms with van der Waals surface area (Å²) in [4.78, 5) is 12.5. The maximum absolute atomic E-state index is 10.8. The lowest BCUT2D eigenvalue weighted by Gasteiger charge is -2.25. The van der Waals surface area contributed by atoms with Crippen molar-refractivity contribution < 1.29 is 4.79 Å². The number of carbonyl (C=O) groups excluding carboxylic acids is 1. The molecule has 0 heterocycles. The van der Waals surface area contributed by atoms with Gasteiger partial charge in [-0.15, -0.1) is 0 Å². The van der Waals surface area contributed by atoms with Crippen molar-refractivity contribution >= 4 is 17.0 Å². The van der Waals surface area contributed by atoms with Crippen LogP contribution in [0.1, 0.15) is 27.7 Å². The van der Waals surface area contributed by atoms with Crippen LogP contribution in [0.15, 0.2) is 0 Å². The van der Waals surface area contributed by atoms with Gasteiger partial charge in [-0.1, -0.05) is 13.8 Å². The molecule has 0 unspecified atom stereocenters. The predicted octanol–water partition coefficient (Wildman–Crippen LogP) is 2.71. The molecule has 0 saturated carbocycles. The van der Waals surface area contributed by atoms with Crippen LogP contribution in [-0.2, 0) is 0 Å². The van der Waals surface area contributed by atoms with E-state index in [1.807, 2.05) is 13.8 Å². The monoisotopic (exact) mass is 177 g/mol. The summed E-state index contributed by atoms with van der Waals surface area (Å²) in [5.74, 6) is 0.472. The largest absolute Gasteiger partial charge is 0.327 e. The summed E-state index contributed by atoms with van der Waals surface area (Å²) in [6.07, 6.45) is 0. The highest BCUT2D eigenvalue weighted by atomic mass is 35.5. The zero-order valence-corrected chi connectivity index (χ0v) is 8.35. The SMILES string of the molecule is CC(C)CN(C(=O)Cl)C(C)C. The molecular weight excluding hydrogens is 162 g/mol. The highest BCUT2D eigenvalue weighted by Gasteiger charge is 2.14. The quantitative estimate of drug-likeness (QED) is 0.480. The summed E-state index contributed by atoms with van der Waals surface area (Å²) in [6.45, 7) is 8.79. The third kappa shape index (κ3) is 4.25. The van der Waals surface area contributed by atoms with E-state index in [-0.39, 0.29) is 11.4 Å². The van der Waals surface area contributed by atoms with E-state index in [4.69, 9.17) is 11.6 Å². The summed E-state index contributed by atoms with van der Waals surface area (Å²) in [5.41, 5.74) is 0. The molecule has 0 radical (unpaired) electrons. The van der Waals surface area contributed by atoms with E-state index in [1.165, 1.54) is 0 Å². The number of hydrogen-bond donors (Lipinski definition) is 0. The zero-order valence-electron chi connectivity index (χ0n) is 7.60. The summed E-state index contributed by atoms with van der Waals surface area (Å²) in [6, 6.07) is 0.197. The van der Waals surface area contributed by atoms with Crippen LogP contribution in [0.5, 0.6) is 0 Å². The van der Waals surface area contributed by atoms with Gasteiger partial charge in [0, 0.05) is 12.6 Å². The Kier molecular flexibility index (Phi) is 4.50. The predicted molar refractivity (Wildman–Crippen MR) is 47.9 cm³/mol. The smallest absolute Gasteiger partial charge is 0.316 e. The van der Waals surface area contributed by atoms with Gasteiger partial charge in [0.1, 0.15) is 0 Å². The molecule has 1 amide bonds. The van der Waals surface area contributed by atoms with Gasteiger partial charge in [-0.05, 0) is 31.4 Å². The molecule has 0 bridgehead atoms. The van der Waals surface area contributed by atoms with Crippen molar-refractivity contribution in [2.75, 3.05) is 6.54 Å². The molecule has 0 spiro atoms. The molecule has 66 valence electrons. The van der Waals surface area contributed by atoms with Gasteiger partial charge < -0.3 is 4.90 Å². The van der Waals surface area contributed by atoms with Gasteiger partial charge in [0.25, 0.3) is 0 Å². The first-order chi connectivity index (χ1) is 4.95. The number of rotatable bonds is 3. The van der Waals surface area contributed by atoms with Crippen LogP contribution >= 0.6 is 11.6 Å². The topological polar surface area (TPSA) is 20.3 Å². The van der Waals surface area contributed by atoms with Gasteiger partial charge in [-0.25, -0.2) is 0 Å². The Morgan fingerprint density at radius 3 is 1.91 bits per heavy atom. The molecule has 11 heavy (non-hydrogen) atoms. The van der Waals surface area contributed by atoms with E-state index < -0.39 is 0 Å². The van der Waals surface area contributed by atoms with Crippen molar-refractivity contribution in [1.82, 2.24) is 4.90 Å². The van der Waals surface area contributed by atoms with Crippen molar-refractivity contribution in [3.63, 3.8) is 0 Å². The second-order valence-corrected chi connectivity index (χ2v) is 3.72. The molecule has 0 saturated heterocycles. The maximum Gasteiger partial charge on any atom is 0.316 e. The number of halogens is 1. The summed E-state index contributed by atoms with van der Waals surface area (Å²) in [7, 11) is 0. The lowest BCUT2D eigenvalue weighted by atomic mass is 10.2. The fraction of sp³-hybridized carbons (Fsp3) is 0.875. The van der Waals surface area contributed by atoms with Crippen molar-refractivity contribution in [2.45, 2.75) is 33.7 Å². The van der Waals surface area contributed by atoms with E-state index in [2.05, 4.69) is 13.8 Å². The van der Waals surface area contributed by atoms with E-state index in [1.54, 1.807) is 4.90 Å². The Hall–Kier alpha value is -0.240. The van der Waals surface area contributed by atoms with Crippen LogP contribution in [0.3, 0.4) is 0 Å². The Bertz CT molecular complexity index is 134. The molecule has 2 nitrogen and oxygen atoms in total. The first-order valence-electron chi connectivity index (χ1n) is 3.91. The molecule has 0 aliphatic rings. The first-order valence-corrected chi connectivity index (χ1v) is 4.29. The molecular formula is C8H16ClNO. The molecule has 0 fully saturated rings. The standard InChI is InChI=1S/C8H16ClNO/c1-6(2)5-10(7(3)4)8(9)11/h6-7H,5H2,1-4H3. The van der Waals surface area contributed by atoms with Gasteiger partial charge in [-0.2, -0.15) is 0 Å². The first kappa shape index (κ1) is 10.8. The van der Waals surface area contributed by atoms with Gasteiger partial charge in [0.05, 0.1) is 0 Å². The minimum Gasteiger partial charge on any atom is -0.327 e. The molecule has 0 aromatic carbocycles. The van der Waals surface area contributed by atoms with Crippen LogP contribution in [0.2, 0.25) is 0 Å². The molecule has 0 aliphatic carbocycles. The Balaban J connectivity index is 4.01. The van der Waals surface area contributed by atoms with Gasteiger partial charge in [-0.3, -0.25) is 4.79 Å². The van der Waals surface area contributed by atoms with Crippen molar-refractivity contribution in [1.29, 1.82) is 0 Å². The molecule has 0 atom stereocenters. The Labute approximate surface area is 73.5 Å². The molecule has 0 N–H and O–H groups in total. The van der Waals surface area contributed by atoms with E-state index in [9.17, 15) is 4.79 Å². The highest BCUT2D eigenvalue weighted by Crippen LogP contribution is 2.07. The van der Waals surface area contributed by atoms with E-state index >= 15 is 0 Å². The Morgan fingerprint density at radius 2 is 1.82 bits per heavy atom.